The molecule has 0 heterocycles. The lowest BCUT2D eigenvalue weighted by atomic mass is 10.1. The van der Waals surface area contributed by atoms with Crippen LogP contribution in [0.1, 0.15) is 17.7 Å². The van der Waals surface area contributed by atoms with Gasteiger partial charge in [-0.2, -0.15) is 11.8 Å². The van der Waals surface area contributed by atoms with E-state index in [1.807, 2.05) is 31.2 Å². The van der Waals surface area contributed by atoms with Crippen molar-refractivity contribution in [2.75, 3.05) is 18.9 Å². The molecule has 2 nitrogen and oxygen atoms in total. The monoisotopic (exact) mass is 259 g/mol. The molecule has 0 radical (unpaired) electrons. The number of aliphatic hydroxyl groups excluding tert-OH is 1. The maximum atomic E-state index is 8.97. The summed E-state index contributed by atoms with van der Waals surface area (Å²) in [7, 11) is 0. The van der Waals surface area contributed by atoms with Crippen molar-refractivity contribution in [2.24, 2.45) is 11.7 Å². The van der Waals surface area contributed by atoms with Crippen LogP contribution in [0.5, 0.6) is 0 Å². The Balaban J connectivity index is 2.64. The second-order valence-corrected chi connectivity index (χ2v) is 5.51. The first-order valence-corrected chi connectivity index (χ1v) is 6.78. The number of aliphatic hydroxyl groups is 1. The van der Waals surface area contributed by atoms with Gasteiger partial charge in [0, 0.05) is 23.4 Å². The quantitative estimate of drug-likeness (QED) is 0.826. The van der Waals surface area contributed by atoms with Gasteiger partial charge in [0.1, 0.15) is 0 Å². The molecular weight excluding hydrogens is 242 g/mol. The smallest absolute Gasteiger partial charge is 0.0464 e. The first-order valence-electron chi connectivity index (χ1n) is 5.36. The van der Waals surface area contributed by atoms with Gasteiger partial charge in [-0.05, 0) is 23.3 Å². The Morgan fingerprint density at radius 3 is 2.69 bits per heavy atom. The van der Waals surface area contributed by atoms with Gasteiger partial charge >= 0.3 is 0 Å². The largest absolute Gasteiger partial charge is 0.396 e. The minimum Gasteiger partial charge on any atom is -0.396 e. The van der Waals surface area contributed by atoms with Crippen molar-refractivity contribution >= 4 is 23.4 Å². The summed E-state index contributed by atoms with van der Waals surface area (Å²) in [6.45, 7) is 2.80. The number of hydrogen-bond donors (Lipinski definition) is 2. The predicted octanol–water partition coefficient (Wildman–Crippen LogP) is 2.70. The van der Waals surface area contributed by atoms with Gasteiger partial charge in [-0.1, -0.05) is 36.7 Å². The molecule has 0 aliphatic heterocycles. The first kappa shape index (κ1) is 13.8. The topological polar surface area (TPSA) is 46.2 Å². The molecule has 0 aromatic heterocycles. The van der Waals surface area contributed by atoms with Crippen molar-refractivity contribution in [1.29, 1.82) is 0 Å². The van der Waals surface area contributed by atoms with Gasteiger partial charge in [-0.25, -0.2) is 0 Å². The van der Waals surface area contributed by atoms with Crippen molar-refractivity contribution in [3.63, 3.8) is 0 Å². The average molecular weight is 260 g/mol. The van der Waals surface area contributed by atoms with E-state index < -0.39 is 0 Å². The van der Waals surface area contributed by atoms with Gasteiger partial charge in [0.2, 0.25) is 0 Å². The van der Waals surface area contributed by atoms with Crippen LogP contribution in [0.25, 0.3) is 0 Å². The zero-order valence-electron chi connectivity index (χ0n) is 9.40. The van der Waals surface area contributed by atoms with Gasteiger partial charge in [0.15, 0.2) is 0 Å². The van der Waals surface area contributed by atoms with Crippen LogP contribution in [0.2, 0.25) is 5.02 Å². The standard InChI is InChI=1S/C12H18ClNOS/c1-9(7-15)8-16-12(6-14)10-4-2-3-5-11(10)13/h2-5,9,12,15H,6-8,14H2,1H3. The fourth-order valence-corrected chi connectivity index (χ4v) is 2.87. The van der Waals surface area contributed by atoms with Gasteiger partial charge in [-0.15, -0.1) is 0 Å². The van der Waals surface area contributed by atoms with E-state index in [0.717, 1.165) is 16.3 Å². The summed E-state index contributed by atoms with van der Waals surface area (Å²) in [6, 6.07) is 7.78. The number of halogens is 1. The van der Waals surface area contributed by atoms with E-state index >= 15 is 0 Å². The summed E-state index contributed by atoms with van der Waals surface area (Å²) >= 11 is 7.88. The third-order valence-corrected chi connectivity index (χ3v) is 4.31. The highest BCUT2D eigenvalue weighted by atomic mass is 35.5. The Kier molecular flexibility index (Phi) is 6.21. The Morgan fingerprint density at radius 1 is 1.44 bits per heavy atom. The second-order valence-electron chi connectivity index (χ2n) is 3.87. The van der Waals surface area contributed by atoms with E-state index in [4.69, 9.17) is 22.4 Å². The highest BCUT2D eigenvalue weighted by molar-refractivity contribution is 7.99. The molecule has 1 aromatic carbocycles. The van der Waals surface area contributed by atoms with Gasteiger partial charge in [0.25, 0.3) is 0 Å². The molecule has 0 spiro atoms. The Hall–Kier alpha value is -0.220. The average Bonchev–Trinajstić information content (AvgIpc) is 2.31. The van der Waals surface area contributed by atoms with Crippen molar-refractivity contribution in [1.82, 2.24) is 0 Å². The Bertz CT molecular complexity index is 322. The van der Waals surface area contributed by atoms with Crippen LogP contribution < -0.4 is 5.73 Å². The lowest BCUT2D eigenvalue weighted by molar-refractivity contribution is 0.250. The van der Waals surface area contributed by atoms with Crippen molar-refractivity contribution in [3.8, 4) is 0 Å². The van der Waals surface area contributed by atoms with Crippen LogP contribution in [0.15, 0.2) is 24.3 Å². The van der Waals surface area contributed by atoms with Crippen molar-refractivity contribution < 1.29 is 5.11 Å². The van der Waals surface area contributed by atoms with Crippen LogP contribution in [0.3, 0.4) is 0 Å². The minimum absolute atomic E-state index is 0.211. The summed E-state index contributed by atoms with van der Waals surface area (Å²) in [4.78, 5) is 0. The number of hydrogen-bond acceptors (Lipinski definition) is 3. The van der Waals surface area contributed by atoms with Crippen LogP contribution >= 0.6 is 23.4 Å². The predicted molar refractivity (Wildman–Crippen MR) is 72.0 cm³/mol. The van der Waals surface area contributed by atoms with E-state index in [1.54, 1.807) is 11.8 Å². The maximum Gasteiger partial charge on any atom is 0.0464 e. The fraction of sp³-hybridized carbons (Fsp3) is 0.500. The van der Waals surface area contributed by atoms with Crippen LogP contribution in [-0.2, 0) is 0 Å². The van der Waals surface area contributed by atoms with Crippen LogP contribution in [0.4, 0.5) is 0 Å². The molecule has 2 atom stereocenters. The summed E-state index contributed by atoms with van der Waals surface area (Å²) in [5, 5.41) is 9.95. The molecule has 0 amide bonds. The number of nitrogens with two attached hydrogens (primary N) is 1. The molecule has 0 fully saturated rings. The second kappa shape index (κ2) is 7.17. The zero-order chi connectivity index (χ0) is 12.0. The normalized spacial score (nSPS) is 14.8. The van der Waals surface area contributed by atoms with Crippen molar-refractivity contribution in [2.45, 2.75) is 12.2 Å². The maximum absolute atomic E-state index is 8.97. The Morgan fingerprint density at radius 2 is 2.12 bits per heavy atom. The first-order chi connectivity index (χ1) is 7.69. The van der Waals surface area contributed by atoms with Gasteiger partial charge < -0.3 is 10.8 Å². The van der Waals surface area contributed by atoms with Crippen LogP contribution in [-0.4, -0.2) is 24.0 Å². The molecule has 0 saturated carbocycles. The van der Waals surface area contributed by atoms with E-state index in [-0.39, 0.29) is 11.9 Å². The van der Waals surface area contributed by atoms with Crippen molar-refractivity contribution in [3.05, 3.63) is 34.9 Å². The Labute approximate surface area is 106 Å². The summed E-state index contributed by atoms with van der Waals surface area (Å²) < 4.78 is 0. The highest BCUT2D eigenvalue weighted by Crippen LogP contribution is 2.33. The molecule has 16 heavy (non-hydrogen) atoms. The van der Waals surface area contributed by atoms with E-state index in [2.05, 4.69) is 0 Å². The third kappa shape index (κ3) is 3.98. The minimum atomic E-state index is 0.211. The summed E-state index contributed by atoms with van der Waals surface area (Å²) in [5.41, 5.74) is 6.84. The molecule has 0 saturated heterocycles. The van der Waals surface area contributed by atoms with E-state index in [0.29, 0.717) is 12.5 Å². The van der Waals surface area contributed by atoms with Crippen LogP contribution in [0, 0.1) is 5.92 Å². The molecule has 90 valence electrons. The van der Waals surface area contributed by atoms with Gasteiger partial charge in [0.05, 0.1) is 0 Å². The third-order valence-electron chi connectivity index (χ3n) is 2.36. The summed E-state index contributed by atoms with van der Waals surface area (Å²) in [5.74, 6) is 1.19. The molecule has 0 bridgehead atoms. The van der Waals surface area contributed by atoms with E-state index in [1.165, 1.54) is 0 Å². The molecular formula is C12H18ClNOS. The molecule has 4 heteroatoms. The lowest BCUT2D eigenvalue weighted by Gasteiger charge is -2.18. The number of rotatable bonds is 6. The zero-order valence-corrected chi connectivity index (χ0v) is 11.0. The van der Waals surface area contributed by atoms with Gasteiger partial charge in [-0.3, -0.25) is 0 Å². The number of benzene rings is 1. The molecule has 0 aliphatic carbocycles. The number of thioether (sulfide) groups is 1. The highest BCUT2D eigenvalue weighted by Gasteiger charge is 2.14. The molecule has 3 N–H and O–H groups in total. The lowest BCUT2D eigenvalue weighted by Crippen LogP contribution is -2.13. The SMILES string of the molecule is CC(CO)CSC(CN)c1ccccc1Cl. The fourth-order valence-electron chi connectivity index (χ4n) is 1.35. The molecule has 1 rings (SSSR count). The van der Waals surface area contributed by atoms with E-state index in [9.17, 15) is 0 Å². The molecule has 1 aromatic rings. The molecule has 0 aliphatic rings. The summed E-state index contributed by atoms with van der Waals surface area (Å²) in [6.07, 6.45) is 0. The molecule has 2 unspecified atom stereocenters.